The topological polar surface area (TPSA) is 46.2 Å². The van der Waals surface area contributed by atoms with Gasteiger partial charge in [0.25, 0.3) is 0 Å². The largest absolute Gasteiger partial charge is 0.389 e. The molecule has 0 rings (SSSR count). The number of carbonyl (C=O) groups excluding carboxylic acids is 2. The average molecular weight is 239 g/mol. The Balaban J connectivity index is 4.03. The van der Waals surface area contributed by atoms with E-state index in [2.05, 4.69) is 11.9 Å². The van der Waals surface area contributed by atoms with Crippen molar-refractivity contribution in [2.75, 3.05) is 6.54 Å². The van der Waals surface area contributed by atoms with Gasteiger partial charge in [-0.15, -0.1) is 0 Å². The van der Waals surface area contributed by atoms with E-state index in [1.54, 1.807) is 13.8 Å². The van der Waals surface area contributed by atoms with Gasteiger partial charge in [-0.05, 0) is 40.0 Å². The van der Waals surface area contributed by atoms with Crippen molar-refractivity contribution in [3.05, 3.63) is 12.3 Å². The average Bonchev–Trinajstić information content (AvgIpc) is 2.21. The lowest BCUT2D eigenvalue weighted by Crippen LogP contribution is -2.20. The molecule has 1 N–H and O–H groups in total. The van der Waals surface area contributed by atoms with Gasteiger partial charge in [-0.25, -0.2) is 0 Å². The van der Waals surface area contributed by atoms with Gasteiger partial charge in [-0.2, -0.15) is 0 Å². The van der Waals surface area contributed by atoms with E-state index in [-0.39, 0.29) is 23.4 Å². The first-order valence-corrected chi connectivity index (χ1v) is 6.24. The molecule has 0 fully saturated rings. The first-order chi connectivity index (χ1) is 7.84. The van der Waals surface area contributed by atoms with Crippen LogP contribution in [0.2, 0.25) is 0 Å². The molecule has 0 aliphatic heterocycles. The Hall–Kier alpha value is -1.12. The molecule has 0 aromatic rings. The highest BCUT2D eigenvalue weighted by Gasteiger charge is 2.19. The molecule has 0 aromatic heterocycles. The standard InChI is InChI=1S/C14H25NO2/c1-10(2)15-8-6-7-14(13(5)17)9-11(3)12(4)16/h11,14-15H,1,6-9H2,2-5H3/t11?,14-/m1/s1. The third-order valence-corrected chi connectivity index (χ3v) is 3.06. The molecule has 2 atom stereocenters. The summed E-state index contributed by atoms with van der Waals surface area (Å²) < 4.78 is 0. The highest BCUT2D eigenvalue weighted by molar-refractivity contribution is 5.81. The molecule has 98 valence electrons. The minimum absolute atomic E-state index is 0.0146. The number of ketones is 2. The maximum absolute atomic E-state index is 11.5. The maximum atomic E-state index is 11.5. The van der Waals surface area contributed by atoms with Crippen LogP contribution in [0.25, 0.3) is 0 Å². The molecule has 3 nitrogen and oxygen atoms in total. The van der Waals surface area contributed by atoms with Gasteiger partial charge in [0.2, 0.25) is 0 Å². The summed E-state index contributed by atoms with van der Waals surface area (Å²) in [7, 11) is 0. The molecular weight excluding hydrogens is 214 g/mol. The van der Waals surface area contributed by atoms with Gasteiger partial charge in [0.1, 0.15) is 11.6 Å². The summed E-state index contributed by atoms with van der Waals surface area (Å²) in [6.45, 7) is 11.6. The van der Waals surface area contributed by atoms with Crippen molar-refractivity contribution in [1.82, 2.24) is 5.32 Å². The number of carbonyl (C=O) groups is 2. The normalized spacial score (nSPS) is 13.9. The Bertz CT molecular complexity index is 284. The highest BCUT2D eigenvalue weighted by atomic mass is 16.1. The molecule has 1 unspecified atom stereocenters. The molecule has 0 radical (unpaired) electrons. The van der Waals surface area contributed by atoms with Gasteiger partial charge in [-0.3, -0.25) is 9.59 Å². The second-order valence-corrected chi connectivity index (χ2v) is 4.90. The minimum Gasteiger partial charge on any atom is -0.389 e. The van der Waals surface area contributed by atoms with Crippen molar-refractivity contribution in [3.63, 3.8) is 0 Å². The molecule has 0 spiro atoms. The van der Waals surface area contributed by atoms with Crippen molar-refractivity contribution in [3.8, 4) is 0 Å². The molecule has 0 amide bonds. The monoisotopic (exact) mass is 239 g/mol. The second-order valence-electron chi connectivity index (χ2n) is 4.90. The van der Waals surface area contributed by atoms with Gasteiger partial charge in [0.05, 0.1) is 0 Å². The van der Waals surface area contributed by atoms with Gasteiger partial charge in [0.15, 0.2) is 0 Å². The quantitative estimate of drug-likeness (QED) is 0.629. The van der Waals surface area contributed by atoms with Crippen molar-refractivity contribution in [1.29, 1.82) is 0 Å². The van der Waals surface area contributed by atoms with E-state index < -0.39 is 0 Å². The van der Waals surface area contributed by atoms with Crippen molar-refractivity contribution >= 4 is 11.6 Å². The molecular formula is C14H25NO2. The van der Waals surface area contributed by atoms with E-state index in [1.165, 1.54) is 0 Å². The Morgan fingerprint density at radius 3 is 2.18 bits per heavy atom. The van der Waals surface area contributed by atoms with Crippen LogP contribution in [0.15, 0.2) is 12.3 Å². The van der Waals surface area contributed by atoms with Crippen LogP contribution in [-0.2, 0) is 9.59 Å². The number of allylic oxidation sites excluding steroid dienone is 1. The zero-order valence-electron chi connectivity index (χ0n) is 11.5. The summed E-state index contributed by atoms with van der Waals surface area (Å²) in [6, 6.07) is 0. The highest BCUT2D eigenvalue weighted by Crippen LogP contribution is 2.19. The first kappa shape index (κ1) is 15.9. The SMILES string of the molecule is C=C(C)NCCC[C@H](CC(C)C(C)=O)C(C)=O. The number of rotatable bonds is 9. The molecule has 0 saturated heterocycles. The minimum atomic E-state index is -0.0157. The maximum Gasteiger partial charge on any atom is 0.132 e. The molecule has 17 heavy (non-hydrogen) atoms. The van der Waals surface area contributed by atoms with Crippen molar-refractivity contribution < 1.29 is 9.59 Å². The predicted molar refractivity (Wildman–Crippen MR) is 70.7 cm³/mol. The number of nitrogens with one attached hydrogen (secondary N) is 1. The van der Waals surface area contributed by atoms with Crippen LogP contribution in [0, 0.1) is 11.8 Å². The Morgan fingerprint density at radius 1 is 1.18 bits per heavy atom. The van der Waals surface area contributed by atoms with E-state index >= 15 is 0 Å². The Morgan fingerprint density at radius 2 is 1.76 bits per heavy atom. The fourth-order valence-corrected chi connectivity index (χ4v) is 1.73. The second kappa shape index (κ2) is 8.04. The Labute approximate surface area is 105 Å². The fourth-order valence-electron chi connectivity index (χ4n) is 1.73. The summed E-state index contributed by atoms with van der Waals surface area (Å²) in [4.78, 5) is 22.7. The van der Waals surface area contributed by atoms with Crippen LogP contribution in [0.5, 0.6) is 0 Å². The third kappa shape index (κ3) is 7.72. The van der Waals surface area contributed by atoms with E-state index in [0.29, 0.717) is 6.42 Å². The number of hydrogen-bond acceptors (Lipinski definition) is 3. The van der Waals surface area contributed by atoms with Crippen molar-refractivity contribution in [2.24, 2.45) is 11.8 Å². The molecule has 0 heterocycles. The predicted octanol–water partition coefficient (Wildman–Crippen LogP) is 2.71. The molecule has 0 saturated carbocycles. The third-order valence-electron chi connectivity index (χ3n) is 3.06. The lowest BCUT2D eigenvalue weighted by molar-refractivity contribution is -0.123. The molecule has 0 aliphatic rings. The summed E-state index contributed by atoms with van der Waals surface area (Å²) >= 11 is 0. The van der Waals surface area contributed by atoms with E-state index in [0.717, 1.165) is 25.1 Å². The van der Waals surface area contributed by atoms with E-state index in [4.69, 9.17) is 0 Å². The van der Waals surface area contributed by atoms with E-state index in [9.17, 15) is 9.59 Å². The van der Waals surface area contributed by atoms with E-state index in [1.807, 2.05) is 13.8 Å². The molecule has 0 bridgehead atoms. The summed E-state index contributed by atoms with van der Waals surface area (Å²) in [5.74, 6) is 0.351. The molecule has 0 aromatic carbocycles. The van der Waals surface area contributed by atoms with Crippen LogP contribution >= 0.6 is 0 Å². The van der Waals surface area contributed by atoms with Gasteiger partial charge in [-0.1, -0.05) is 13.5 Å². The van der Waals surface area contributed by atoms with Gasteiger partial charge >= 0.3 is 0 Å². The summed E-state index contributed by atoms with van der Waals surface area (Å²) in [5.41, 5.74) is 0.946. The smallest absolute Gasteiger partial charge is 0.132 e. The van der Waals surface area contributed by atoms with Gasteiger partial charge in [0, 0.05) is 24.1 Å². The van der Waals surface area contributed by atoms with Crippen LogP contribution in [0.4, 0.5) is 0 Å². The zero-order chi connectivity index (χ0) is 13.4. The van der Waals surface area contributed by atoms with Crippen LogP contribution in [-0.4, -0.2) is 18.1 Å². The number of hydrogen-bond donors (Lipinski definition) is 1. The molecule has 0 aliphatic carbocycles. The van der Waals surface area contributed by atoms with Crippen LogP contribution < -0.4 is 5.32 Å². The van der Waals surface area contributed by atoms with Crippen LogP contribution in [0.1, 0.15) is 47.0 Å². The fraction of sp³-hybridized carbons (Fsp3) is 0.714. The molecule has 3 heteroatoms. The number of Topliss-reactive ketones (excluding diaryl/α,β-unsaturated/α-hetero) is 2. The van der Waals surface area contributed by atoms with Crippen LogP contribution in [0.3, 0.4) is 0 Å². The summed E-state index contributed by atoms with van der Waals surface area (Å²) in [5, 5.41) is 3.14. The lowest BCUT2D eigenvalue weighted by atomic mass is 9.87. The Kier molecular flexibility index (Phi) is 7.51. The first-order valence-electron chi connectivity index (χ1n) is 6.24. The van der Waals surface area contributed by atoms with Crippen molar-refractivity contribution in [2.45, 2.75) is 47.0 Å². The zero-order valence-corrected chi connectivity index (χ0v) is 11.5. The lowest BCUT2D eigenvalue weighted by Gasteiger charge is -2.17. The summed E-state index contributed by atoms with van der Waals surface area (Å²) in [6.07, 6.45) is 2.45. The van der Waals surface area contributed by atoms with Gasteiger partial charge < -0.3 is 5.32 Å².